The van der Waals surface area contributed by atoms with Crippen LogP contribution in [0.4, 0.5) is 19.0 Å². The summed E-state index contributed by atoms with van der Waals surface area (Å²) in [7, 11) is 0. The number of pyridine rings is 1. The Morgan fingerprint density at radius 2 is 1.96 bits per heavy atom. The van der Waals surface area contributed by atoms with Crippen LogP contribution in [0, 0.1) is 0 Å². The number of alkyl halides is 3. The Labute approximate surface area is 145 Å². The third-order valence-corrected chi connectivity index (χ3v) is 4.77. The van der Waals surface area contributed by atoms with Crippen LogP contribution in [0.25, 0.3) is 0 Å². The van der Waals surface area contributed by atoms with Crippen molar-refractivity contribution in [1.29, 1.82) is 0 Å². The lowest BCUT2D eigenvalue weighted by atomic mass is 10.0. The first-order valence-corrected chi connectivity index (χ1v) is 8.09. The molecule has 2 aliphatic rings. The quantitative estimate of drug-likeness (QED) is 0.721. The second-order valence-electron chi connectivity index (χ2n) is 7.55. The molecule has 24 heavy (non-hydrogen) atoms. The SMILES string of the molecule is [2H]C([2H])([2H])N1Cc2cc(C(F)(F)F)cnc2N2CCN(C(C)(C)C)C[C@@H]2C1. The predicted octanol–water partition coefficient (Wildman–Crippen LogP) is 2.83. The maximum absolute atomic E-state index is 13.1. The molecule has 0 amide bonds. The number of likely N-dealkylation sites (N-methyl/N-ethyl adjacent to an activating group) is 1. The first-order chi connectivity index (χ1) is 12.3. The van der Waals surface area contributed by atoms with Gasteiger partial charge >= 0.3 is 6.18 Å². The van der Waals surface area contributed by atoms with Crippen LogP contribution in [0.5, 0.6) is 0 Å². The van der Waals surface area contributed by atoms with E-state index < -0.39 is 18.7 Å². The van der Waals surface area contributed by atoms with Crippen molar-refractivity contribution in [3.63, 3.8) is 0 Å². The summed E-state index contributed by atoms with van der Waals surface area (Å²) in [4.78, 5) is 9.65. The molecule has 0 radical (unpaired) electrons. The van der Waals surface area contributed by atoms with Gasteiger partial charge < -0.3 is 4.90 Å². The second-order valence-corrected chi connectivity index (χ2v) is 7.55. The molecule has 0 unspecified atom stereocenters. The Morgan fingerprint density at radius 3 is 2.58 bits per heavy atom. The van der Waals surface area contributed by atoms with Crippen LogP contribution in [0.3, 0.4) is 0 Å². The topological polar surface area (TPSA) is 22.6 Å². The average molecular weight is 345 g/mol. The average Bonchev–Trinajstić information content (AvgIpc) is 2.68. The zero-order valence-electron chi connectivity index (χ0n) is 17.2. The van der Waals surface area contributed by atoms with Crippen LogP contribution in [0.1, 0.15) is 36.0 Å². The van der Waals surface area contributed by atoms with Gasteiger partial charge in [0.05, 0.1) is 11.6 Å². The zero-order chi connectivity index (χ0) is 20.2. The highest BCUT2D eigenvalue weighted by Gasteiger charge is 2.38. The van der Waals surface area contributed by atoms with Gasteiger partial charge in [-0.2, -0.15) is 13.2 Å². The molecule has 0 bridgehead atoms. The fraction of sp³-hybridized carbons (Fsp3) is 0.706. The van der Waals surface area contributed by atoms with Gasteiger partial charge in [-0.25, -0.2) is 4.98 Å². The number of hydrogen-bond donors (Lipinski definition) is 0. The van der Waals surface area contributed by atoms with Gasteiger partial charge in [-0.3, -0.25) is 9.80 Å². The van der Waals surface area contributed by atoms with Crippen molar-refractivity contribution in [2.75, 3.05) is 38.1 Å². The summed E-state index contributed by atoms with van der Waals surface area (Å²) in [5, 5.41) is 0. The maximum Gasteiger partial charge on any atom is 0.417 e. The lowest BCUT2D eigenvalue weighted by molar-refractivity contribution is -0.137. The highest BCUT2D eigenvalue weighted by atomic mass is 19.4. The summed E-state index contributed by atoms with van der Waals surface area (Å²) in [5.74, 6) is 0.466. The smallest absolute Gasteiger partial charge is 0.350 e. The normalized spacial score (nSPS) is 26.0. The molecule has 2 aliphatic heterocycles. The second kappa shape index (κ2) is 5.88. The number of aromatic nitrogens is 1. The number of hydrogen-bond acceptors (Lipinski definition) is 4. The van der Waals surface area contributed by atoms with Crippen molar-refractivity contribution < 1.29 is 17.3 Å². The highest BCUT2D eigenvalue weighted by molar-refractivity contribution is 5.51. The van der Waals surface area contributed by atoms with Crippen molar-refractivity contribution in [3.05, 3.63) is 23.4 Å². The molecule has 4 nitrogen and oxygen atoms in total. The van der Waals surface area contributed by atoms with Crippen LogP contribution < -0.4 is 4.90 Å². The molecule has 134 valence electrons. The Bertz CT molecular complexity index is 700. The van der Waals surface area contributed by atoms with E-state index in [0.29, 0.717) is 24.5 Å². The molecule has 7 heteroatoms. The molecule has 1 aromatic heterocycles. The van der Waals surface area contributed by atoms with E-state index in [-0.39, 0.29) is 24.7 Å². The number of rotatable bonds is 0. The van der Waals surface area contributed by atoms with Crippen molar-refractivity contribution in [1.82, 2.24) is 14.8 Å². The van der Waals surface area contributed by atoms with Gasteiger partial charge in [0, 0.05) is 54.1 Å². The lowest BCUT2D eigenvalue weighted by Gasteiger charge is -2.47. The summed E-state index contributed by atoms with van der Waals surface area (Å²) < 4.78 is 62.8. The van der Waals surface area contributed by atoms with Crippen LogP contribution in [0.15, 0.2) is 12.3 Å². The predicted molar refractivity (Wildman–Crippen MR) is 88.0 cm³/mol. The fourth-order valence-corrected chi connectivity index (χ4v) is 3.46. The first kappa shape index (κ1) is 13.9. The number of fused-ring (bicyclic) bond motifs is 3. The van der Waals surface area contributed by atoms with Crippen molar-refractivity contribution in [2.45, 2.75) is 45.1 Å². The van der Waals surface area contributed by atoms with E-state index >= 15 is 0 Å². The third-order valence-electron chi connectivity index (χ3n) is 4.77. The van der Waals surface area contributed by atoms with Crippen molar-refractivity contribution in [3.8, 4) is 0 Å². The summed E-state index contributed by atoms with van der Waals surface area (Å²) >= 11 is 0. The molecule has 0 saturated carbocycles. The number of nitrogens with zero attached hydrogens (tertiary/aromatic N) is 4. The van der Waals surface area contributed by atoms with Gasteiger partial charge in [-0.1, -0.05) is 0 Å². The van der Waals surface area contributed by atoms with Gasteiger partial charge in [-0.15, -0.1) is 0 Å². The van der Waals surface area contributed by atoms with Crippen molar-refractivity contribution in [2.24, 2.45) is 0 Å². The monoisotopic (exact) mass is 345 g/mol. The molecule has 0 spiro atoms. The van der Waals surface area contributed by atoms with E-state index in [1.54, 1.807) is 0 Å². The standard InChI is InChI=1S/C17H25F3N4/c1-16(2,3)23-5-6-24-14(11-23)10-22(4)9-12-7-13(17(18,19)20)8-21-15(12)24/h7-8,14H,5-6,9-11H2,1-4H3/t14-/m0/s1/i4D3. The minimum absolute atomic E-state index is 0.0698. The molecule has 0 aromatic carbocycles. The third kappa shape index (κ3) is 3.37. The lowest BCUT2D eigenvalue weighted by Crippen LogP contribution is -2.60. The van der Waals surface area contributed by atoms with E-state index in [4.69, 9.17) is 4.11 Å². The van der Waals surface area contributed by atoms with Gasteiger partial charge in [0.15, 0.2) is 0 Å². The van der Waals surface area contributed by atoms with Gasteiger partial charge in [-0.05, 0) is 33.8 Å². The Balaban J connectivity index is 2.01. The van der Waals surface area contributed by atoms with Crippen LogP contribution in [-0.4, -0.2) is 59.5 Å². The summed E-state index contributed by atoms with van der Waals surface area (Å²) in [6.07, 6.45) is -3.67. The highest BCUT2D eigenvalue weighted by Crippen LogP contribution is 2.34. The molecular formula is C17H25F3N4. The molecule has 1 aromatic rings. The largest absolute Gasteiger partial charge is 0.417 e. The van der Waals surface area contributed by atoms with E-state index in [9.17, 15) is 13.2 Å². The number of halogens is 3. The Morgan fingerprint density at radius 1 is 1.21 bits per heavy atom. The molecule has 1 saturated heterocycles. The summed E-state index contributed by atoms with van der Waals surface area (Å²) in [6, 6.07) is 0.892. The first-order valence-electron chi connectivity index (χ1n) is 9.59. The summed E-state index contributed by atoms with van der Waals surface area (Å²) in [5.41, 5.74) is -0.606. The van der Waals surface area contributed by atoms with Crippen LogP contribution in [-0.2, 0) is 12.7 Å². The molecule has 1 fully saturated rings. The number of anilines is 1. The van der Waals surface area contributed by atoms with Gasteiger partial charge in [0.25, 0.3) is 0 Å². The van der Waals surface area contributed by atoms with Gasteiger partial charge in [0.2, 0.25) is 0 Å². The van der Waals surface area contributed by atoms with E-state index in [2.05, 4.69) is 30.7 Å². The van der Waals surface area contributed by atoms with Crippen LogP contribution >= 0.6 is 0 Å². The fourth-order valence-electron chi connectivity index (χ4n) is 3.46. The summed E-state index contributed by atoms with van der Waals surface area (Å²) in [6.45, 7) is 6.07. The minimum Gasteiger partial charge on any atom is -0.350 e. The van der Waals surface area contributed by atoms with E-state index in [1.807, 2.05) is 4.90 Å². The van der Waals surface area contributed by atoms with Crippen LogP contribution in [0.2, 0.25) is 0 Å². The molecule has 0 aliphatic carbocycles. The molecule has 0 N–H and O–H groups in total. The Hall–Kier alpha value is -1.34. The minimum atomic E-state index is -4.51. The zero-order valence-corrected chi connectivity index (χ0v) is 14.2. The molecule has 1 atom stereocenters. The van der Waals surface area contributed by atoms with E-state index in [1.165, 1.54) is 4.90 Å². The van der Waals surface area contributed by atoms with E-state index in [0.717, 1.165) is 18.8 Å². The molecule has 3 heterocycles. The number of piperazine rings is 1. The molecular weight excluding hydrogens is 317 g/mol. The van der Waals surface area contributed by atoms with Gasteiger partial charge in [0.1, 0.15) is 5.82 Å². The maximum atomic E-state index is 13.1. The van der Waals surface area contributed by atoms with Crippen molar-refractivity contribution >= 4 is 5.82 Å². The Kier molecular flexibility index (Phi) is 3.40. The molecule has 3 rings (SSSR count).